The fourth-order valence-corrected chi connectivity index (χ4v) is 1.88. The summed E-state index contributed by atoms with van der Waals surface area (Å²) in [5.41, 5.74) is -0.0203. The smallest absolute Gasteiger partial charge is 0.422 e. The first-order valence-corrected chi connectivity index (χ1v) is 6.33. The summed E-state index contributed by atoms with van der Waals surface area (Å²) in [6, 6.07) is 4.69. The van der Waals surface area contributed by atoms with Crippen LogP contribution in [0.3, 0.4) is 0 Å². The van der Waals surface area contributed by atoms with E-state index in [1.54, 1.807) is 0 Å². The Balaban J connectivity index is 2.42. The van der Waals surface area contributed by atoms with E-state index < -0.39 is 18.6 Å². The molecule has 0 atom stereocenters. The van der Waals surface area contributed by atoms with Crippen molar-refractivity contribution in [1.29, 1.82) is 0 Å². The van der Waals surface area contributed by atoms with Crippen LogP contribution in [0.5, 0.6) is 5.75 Å². The van der Waals surface area contributed by atoms with E-state index in [0.29, 0.717) is 6.29 Å². The van der Waals surface area contributed by atoms with E-state index >= 15 is 0 Å². The highest BCUT2D eigenvalue weighted by molar-refractivity contribution is 9.10. The molecule has 0 fully saturated rings. The second kappa shape index (κ2) is 5.88. The van der Waals surface area contributed by atoms with Crippen molar-refractivity contribution in [2.24, 2.45) is 0 Å². The van der Waals surface area contributed by atoms with E-state index in [-0.39, 0.29) is 27.3 Å². The predicted molar refractivity (Wildman–Crippen MR) is 68.7 cm³/mol. The third kappa shape index (κ3) is 3.84. The maximum absolute atomic E-state index is 13.6. The molecule has 112 valence electrons. The van der Waals surface area contributed by atoms with Crippen LogP contribution in [0.2, 0.25) is 0 Å². The molecule has 21 heavy (non-hydrogen) atoms. The summed E-state index contributed by atoms with van der Waals surface area (Å²) < 4.78 is 60.0. The molecule has 1 aromatic carbocycles. The summed E-state index contributed by atoms with van der Waals surface area (Å²) in [5, 5.41) is 0. The normalized spacial score (nSPS) is 11.5. The Morgan fingerprint density at radius 3 is 2.57 bits per heavy atom. The number of rotatable bonds is 4. The maximum atomic E-state index is 13.6. The van der Waals surface area contributed by atoms with Gasteiger partial charge in [0, 0.05) is 0 Å². The van der Waals surface area contributed by atoms with Crippen LogP contribution in [0.15, 0.2) is 33.2 Å². The van der Waals surface area contributed by atoms with Gasteiger partial charge in [0.15, 0.2) is 18.7 Å². The van der Waals surface area contributed by atoms with Crippen LogP contribution in [-0.2, 0) is 0 Å². The molecule has 2 aromatic rings. The summed E-state index contributed by atoms with van der Waals surface area (Å²) in [7, 11) is 0. The predicted octanol–water partition coefficient (Wildman–Crippen LogP) is 4.60. The van der Waals surface area contributed by atoms with Crippen molar-refractivity contribution in [2.45, 2.75) is 6.18 Å². The minimum absolute atomic E-state index is 0.0203. The Morgan fingerprint density at radius 1 is 1.29 bits per heavy atom. The number of aldehydes is 1. The van der Waals surface area contributed by atoms with E-state index in [0.717, 1.165) is 12.1 Å². The van der Waals surface area contributed by atoms with Crippen LogP contribution < -0.4 is 4.74 Å². The van der Waals surface area contributed by atoms with Crippen molar-refractivity contribution in [3.05, 3.63) is 40.3 Å². The molecule has 0 radical (unpaired) electrons. The second-order valence-electron chi connectivity index (χ2n) is 3.99. The average molecular weight is 367 g/mol. The van der Waals surface area contributed by atoms with Crippen molar-refractivity contribution >= 4 is 22.2 Å². The van der Waals surface area contributed by atoms with Gasteiger partial charge in [-0.1, -0.05) is 0 Å². The third-order valence-corrected chi connectivity index (χ3v) is 3.03. The lowest BCUT2D eigenvalue weighted by Gasteiger charge is -2.13. The summed E-state index contributed by atoms with van der Waals surface area (Å²) >= 11 is 2.87. The SMILES string of the molecule is O=Cc1ccc(-c2cc(F)c(Br)cc2OCC(F)(F)F)o1. The van der Waals surface area contributed by atoms with Gasteiger partial charge in [0.05, 0.1) is 10.0 Å². The first-order valence-electron chi connectivity index (χ1n) is 5.54. The van der Waals surface area contributed by atoms with Gasteiger partial charge < -0.3 is 9.15 Å². The van der Waals surface area contributed by atoms with E-state index in [1.807, 2.05) is 0 Å². The van der Waals surface area contributed by atoms with E-state index in [2.05, 4.69) is 20.7 Å². The lowest BCUT2D eigenvalue weighted by molar-refractivity contribution is -0.153. The third-order valence-electron chi connectivity index (χ3n) is 2.42. The minimum atomic E-state index is -4.53. The number of halogens is 5. The zero-order chi connectivity index (χ0) is 15.6. The monoisotopic (exact) mass is 366 g/mol. The van der Waals surface area contributed by atoms with Crippen LogP contribution in [0, 0.1) is 5.82 Å². The summed E-state index contributed by atoms with van der Waals surface area (Å²) in [6.45, 7) is -1.53. The van der Waals surface area contributed by atoms with E-state index in [4.69, 9.17) is 4.42 Å². The molecule has 0 spiro atoms. The first-order chi connectivity index (χ1) is 9.80. The number of benzene rings is 1. The zero-order valence-corrected chi connectivity index (χ0v) is 11.8. The molecule has 1 heterocycles. The number of furan rings is 1. The molecular formula is C13H7BrF4O3. The summed E-state index contributed by atoms with van der Waals surface area (Å²) in [5.74, 6) is -0.920. The summed E-state index contributed by atoms with van der Waals surface area (Å²) in [6.07, 6.45) is -4.11. The number of alkyl halides is 3. The van der Waals surface area contributed by atoms with Crippen molar-refractivity contribution in [1.82, 2.24) is 0 Å². The highest BCUT2D eigenvalue weighted by Crippen LogP contribution is 2.36. The van der Waals surface area contributed by atoms with Crippen LogP contribution in [0.1, 0.15) is 10.6 Å². The molecule has 0 amide bonds. The second-order valence-corrected chi connectivity index (χ2v) is 4.84. The minimum Gasteiger partial charge on any atom is -0.483 e. The quantitative estimate of drug-likeness (QED) is 0.586. The summed E-state index contributed by atoms with van der Waals surface area (Å²) in [4.78, 5) is 10.6. The molecule has 1 aromatic heterocycles. The molecule has 0 aliphatic heterocycles. The molecule has 0 aliphatic carbocycles. The van der Waals surface area contributed by atoms with Crippen LogP contribution in [0.25, 0.3) is 11.3 Å². The number of hydrogen-bond donors (Lipinski definition) is 0. The van der Waals surface area contributed by atoms with Gasteiger partial charge >= 0.3 is 6.18 Å². The van der Waals surface area contributed by atoms with Gasteiger partial charge in [-0.25, -0.2) is 4.39 Å². The average Bonchev–Trinajstić information content (AvgIpc) is 2.87. The Labute approximate surface area is 124 Å². The molecule has 0 saturated carbocycles. The highest BCUT2D eigenvalue weighted by Gasteiger charge is 2.29. The molecule has 3 nitrogen and oxygen atoms in total. The Morgan fingerprint density at radius 2 is 2.00 bits per heavy atom. The first kappa shape index (κ1) is 15.6. The lowest BCUT2D eigenvalue weighted by atomic mass is 10.1. The largest absolute Gasteiger partial charge is 0.483 e. The topological polar surface area (TPSA) is 39.4 Å². The number of ether oxygens (including phenoxy) is 1. The van der Waals surface area contributed by atoms with Crippen molar-refractivity contribution < 1.29 is 31.5 Å². The molecule has 0 saturated heterocycles. The van der Waals surface area contributed by atoms with E-state index in [9.17, 15) is 22.4 Å². The maximum Gasteiger partial charge on any atom is 0.422 e. The zero-order valence-electron chi connectivity index (χ0n) is 10.2. The van der Waals surface area contributed by atoms with Gasteiger partial charge in [0.25, 0.3) is 0 Å². The highest BCUT2D eigenvalue weighted by atomic mass is 79.9. The molecule has 0 aliphatic rings. The van der Waals surface area contributed by atoms with Crippen LogP contribution >= 0.6 is 15.9 Å². The van der Waals surface area contributed by atoms with Crippen molar-refractivity contribution in [3.63, 3.8) is 0 Å². The van der Waals surface area contributed by atoms with Crippen molar-refractivity contribution in [3.8, 4) is 17.1 Å². The van der Waals surface area contributed by atoms with Crippen molar-refractivity contribution in [2.75, 3.05) is 6.61 Å². The van der Waals surface area contributed by atoms with Gasteiger partial charge in [-0.2, -0.15) is 13.2 Å². The van der Waals surface area contributed by atoms with Crippen LogP contribution in [-0.4, -0.2) is 19.1 Å². The molecule has 0 unspecified atom stereocenters. The standard InChI is InChI=1S/C13H7BrF4O3/c14-9-4-12(20-6-13(16,17)18)8(3-10(9)15)11-2-1-7(5-19)21-11/h1-5H,6H2. The molecule has 8 heteroatoms. The fourth-order valence-electron chi connectivity index (χ4n) is 1.56. The Hall–Kier alpha value is -1.83. The lowest BCUT2D eigenvalue weighted by Crippen LogP contribution is -2.19. The van der Waals surface area contributed by atoms with Gasteiger partial charge in [-0.05, 0) is 40.2 Å². The van der Waals surface area contributed by atoms with Crippen LogP contribution in [0.4, 0.5) is 17.6 Å². The molecule has 0 bridgehead atoms. The number of hydrogen-bond acceptors (Lipinski definition) is 3. The fraction of sp³-hybridized carbons (Fsp3) is 0.154. The van der Waals surface area contributed by atoms with E-state index in [1.165, 1.54) is 12.1 Å². The molecule has 0 N–H and O–H groups in total. The Kier molecular flexibility index (Phi) is 4.36. The number of carbonyl (C=O) groups excluding carboxylic acids is 1. The van der Waals surface area contributed by atoms with Gasteiger partial charge in [-0.15, -0.1) is 0 Å². The molecular weight excluding hydrogens is 360 g/mol. The van der Waals surface area contributed by atoms with Gasteiger partial charge in [-0.3, -0.25) is 4.79 Å². The molecule has 2 rings (SSSR count). The number of carbonyl (C=O) groups is 1. The Bertz CT molecular complexity index is 664. The van der Waals surface area contributed by atoms with Gasteiger partial charge in [0.2, 0.25) is 0 Å². The van der Waals surface area contributed by atoms with Gasteiger partial charge in [0.1, 0.15) is 17.3 Å².